The maximum Gasteiger partial charge on any atom is 0.122 e. The van der Waals surface area contributed by atoms with E-state index in [-0.39, 0.29) is 12.4 Å². The first kappa shape index (κ1) is 24.3. The van der Waals surface area contributed by atoms with Gasteiger partial charge in [-0.15, -0.1) is 12.4 Å². The largest absolute Gasteiger partial charge is 0.493 e. The molecule has 156 valence electrons. The molecule has 0 aliphatic heterocycles. The zero-order valence-corrected chi connectivity index (χ0v) is 18.6. The molecule has 2 aromatic rings. The topological polar surface area (TPSA) is 30.5 Å². The van der Waals surface area contributed by atoms with Crippen LogP contribution in [-0.4, -0.2) is 25.3 Å². The van der Waals surface area contributed by atoms with Gasteiger partial charge in [0.2, 0.25) is 0 Å². The van der Waals surface area contributed by atoms with Crippen molar-refractivity contribution in [1.82, 2.24) is 5.32 Å². The van der Waals surface area contributed by atoms with Crippen molar-refractivity contribution in [3.8, 4) is 11.5 Å². The minimum absolute atomic E-state index is 0. The van der Waals surface area contributed by atoms with E-state index in [1.165, 1.54) is 11.1 Å². The van der Waals surface area contributed by atoms with Gasteiger partial charge in [-0.25, -0.2) is 0 Å². The van der Waals surface area contributed by atoms with Crippen molar-refractivity contribution in [2.75, 3.05) is 13.2 Å². The zero-order chi connectivity index (χ0) is 19.5. The molecule has 3 nitrogen and oxygen atoms in total. The van der Waals surface area contributed by atoms with E-state index >= 15 is 0 Å². The average molecular weight is 406 g/mol. The fourth-order valence-corrected chi connectivity index (χ4v) is 3.31. The number of ether oxygens (including phenoxy) is 2. The number of benzene rings is 2. The van der Waals surface area contributed by atoms with Gasteiger partial charge < -0.3 is 14.8 Å². The lowest BCUT2D eigenvalue weighted by molar-refractivity contribution is 0.311. The minimum atomic E-state index is 0. The summed E-state index contributed by atoms with van der Waals surface area (Å²) >= 11 is 0. The fourth-order valence-electron chi connectivity index (χ4n) is 3.31. The molecule has 0 saturated carbocycles. The second-order valence-corrected chi connectivity index (χ2v) is 7.29. The summed E-state index contributed by atoms with van der Waals surface area (Å²) in [5.74, 6) is 2.03. The Morgan fingerprint density at radius 2 is 1.11 bits per heavy atom. The number of hydrogen-bond donors (Lipinski definition) is 1. The maximum absolute atomic E-state index is 5.90. The average Bonchev–Trinajstić information content (AvgIpc) is 2.66. The van der Waals surface area contributed by atoms with Gasteiger partial charge in [0, 0.05) is 12.1 Å². The van der Waals surface area contributed by atoms with Gasteiger partial charge in [0.05, 0.1) is 13.2 Å². The lowest BCUT2D eigenvalue weighted by Gasteiger charge is -2.22. The summed E-state index contributed by atoms with van der Waals surface area (Å²) in [5, 5.41) is 3.73. The van der Waals surface area contributed by atoms with Gasteiger partial charge in [-0.05, 0) is 62.8 Å². The van der Waals surface area contributed by atoms with Gasteiger partial charge in [-0.2, -0.15) is 0 Å². The quantitative estimate of drug-likeness (QED) is 0.481. The van der Waals surface area contributed by atoms with Crippen molar-refractivity contribution in [2.24, 2.45) is 0 Å². The normalized spacial score (nSPS) is 12.7. The summed E-state index contributed by atoms with van der Waals surface area (Å²) in [6.45, 7) is 10.3. The monoisotopic (exact) mass is 405 g/mol. The third kappa shape index (κ3) is 8.12. The second-order valence-electron chi connectivity index (χ2n) is 7.29. The standard InChI is InChI=1S/C24H35NO2.ClH/c1-5-15-26-23-13-9-7-11-21(23)17-19(3)25-20(4)18-22-12-8-10-14-24(22)27-16-6-2;/h7-14,19-20,25H,5-6,15-18H2,1-4H3;1H. The number of para-hydroxylation sites is 2. The zero-order valence-electron chi connectivity index (χ0n) is 17.7. The Hall–Kier alpha value is -1.71. The summed E-state index contributed by atoms with van der Waals surface area (Å²) in [6.07, 6.45) is 3.97. The number of hydrogen-bond acceptors (Lipinski definition) is 3. The van der Waals surface area contributed by atoms with Crippen LogP contribution in [0.3, 0.4) is 0 Å². The SMILES string of the molecule is CCCOc1ccccc1CC(C)NC(C)Cc1ccccc1OCCC.Cl. The molecule has 0 spiro atoms. The summed E-state index contributed by atoms with van der Waals surface area (Å²) in [6, 6.07) is 17.5. The van der Waals surface area contributed by atoms with Crippen molar-refractivity contribution < 1.29 is 9.47 Å². The molecule has 0 aliphatic carbocycles. The van der Waals surface area contributed by atoms with Gasteiger partial charge in [-0.1, -0.05) is 50.2 Å². The highest BCUT2D eigenvalue weighted by molar-refractivity contribution is 5.85. The van der Waals surface area contributed by atoms with Gasteiger partial charge in [0.15, 0.2) is 0 Å². The molecule has 4 heteroatoms. The summed E-state index contributed by atoms with van der Waals surface area (Å²) in [5.41, 5.74) is 2.54. The highest BCUT2D eigenvalue weighted by Gasteiger charge is 2.13. The number of halogens is 1. The molecule has 0 fully saturated rings. The van der Waals surface area contributed by atoms with Crippen LogP contribution in [0.1, 0.15) is 51.7 Å². The molecule has 2 aromatic carbocycles. The maximum atomic E-state index is 5.90. The predicted molar refractivity (Wildman–Crippen MR) is 121 cm³/mol. The third-order valence-corrected chi connectivity index (χ3v) is 4.49. The Bertz CT molecular complexity index is 620. The lowest BCUT2D eigenvalue weighted by atomic mass is 10.0. The van der Waals surface area contributed by atoms with Gasteiger partial charge in [-0.3, -0.25) is 0 Å². The van der Waals surface area contributed by atoms with Crippen LogP contribution < -0.4 is 14.8 Å². The van der Waals surface area contributed by atoms with Crippen LogP contribution in [0.25, 0.3) is 0 Å². The van der Waals surface area contributed by atoms with E-state index in [2.05, 4.69) is 69.4 Å². The molecule has 1 N–H and O–H groups in total. The van der Waals surface area contributed by atoms with Crippen LogP contribution in [0.15, 0.2) is 48.5 Å². The van der Waals surface area contributed by atoms with Crippen LogP contribution in [0.4, 0.5) is 0 Å². The van der Waals surface area contributed by atoms with E-state index in [0.717, 1.165) is 50.4 Å². The van der Waals surface area contributed by atoms with E-state index < -0.39 is 0 Å². The predicted octanol–water partition coefficient (Wildman–Crippen LogP) is 5.84. The highest BCUT2D eigenvalue weighted by Crippen LogP contribution is 2.22. The van der Waals surface area contributed by atoms with Crippen LogP contribution in [0.2, 0.25) is 0 Å². The Labute approximate surface area is 177 Å². The first-order chi connectivity index (χ1) is 13.1. The Morgan fingerprint density at radius 1 is 0.714 bits per heavy atom. The van der Waals surface area contributed by atoms with Crippen LogP contribution >= 0.6 is 12.4 Å². The van der Waals surface area contributed by atoms with Gasteiger partial charge in [0.25, 0.3) is 0 Å². The number of rotatable bonds is 12. The summed E-state index contributed by atoms with van der Waals surface area (Å²) in [7, 11) is 0. The Balaban J connectivity index is 0.00000392. The molecule has 0 saturated heterocycles. The molecule has 0 amide bonds. The van der Waals surface area contributed by atoms with E-state index in [0.29, 0.717) is 12.1 Å². The Morgan fingerprint density at radius 3 is 1.50 bits per heavy atom. The summed E-state index contributed by atoms with van der Waals surface area (Å²) < 4.78 is 11.8. The smallest absolute Gasteiger partial charge is 0.122 e. The molecular weight excluding hydrogens is 370 g/mol. The second kappa shape index (κ2) is 13.5. The van der Waals surface area contributed by atoms with Crippen molar-refractivity contribution in [3.05, 3.63) is 59.7 Å². The molecular formula is C24H36ClNO2. The van der Waals surface area contributed by atoms with Crippen molar-refractivity contribution in [2.45, 2.75) is 65.5 Å². The molecule has 0 bridgehead atoms. The van der Waals surface area contributed by atoms with Crippen molar-refractivity contribution in [3.63, 3.8) is 0 Å². The molecule has 0 aliphatic rings. The first-order valence-electron chi connectivity index (χ1n) is 10.3. The van der Waals surface area contributed by atoms with Crippen LogP contribution in [0, 0.1) is 0 Å². The molecule has 0 radical (unpaired) electrons. The molecule has 28 heavy (non-hydrogen) atoms. The minimum Gasteiger partial charge on any atom is -0.493 e. The van der Waals surface area contributed by atoms with Crippen molar-refractivity contribution in [1.29, 1.82) is 0 Å². The first-order valence-corrected chi connectivity index (χ1v) is 10.3. The summed E-state index contributed by atoms with van der Waals surface area (Å²) in [4.78, 5) is 0. The highest BCUT2D eigenvalue weighted by atomic mass is 35.5. The van der Waals surface area contributed by atoms with E-state index in [1.54, 1.807) is 0 Å². The van der Waals surface area contributed by atoms with Gasteiger partial charge >= 0.3 is 0 Å². The molecule has 0 aromatic heterocycles. The molecule has 2 unspecified atom stereocenters. The van der Waals surface area contributed by atoms with E-state index in [4.69, 9.17) is 9.47 Å². The van der Waals surface area contributed by atoms with Crippen molar-refractivity contribution >= 4 is 12.4 Å². The fraction of sp³-hybridized carbons (Fsp3) is 0.500. The third-order valence-electron chi connectivity index (χ3n) is 4.49. The number of nitrogens with one attached hydrogen (secondary N) is 1. The Kier molecular flexibility index (Phi) is 11.7. The van der Waals surface area contributed by atoms with Crippen LogP contribution in [0.5, 0.6) is 11.5 Å². The van der Waals surface area contributed by atoms with Gasteiger partial charge in [0.1, 0.15) is 11.5 Å². The van der Waals surface area contributed by atoms with E-state index in [9.17, 15) is 0 Å². The van der Waals surface area contributed by atoms with E-state index in [1.807, 2.05) is 12.1 Å². The molecule has 2 rings (SSSR count). The lowest BCUT2D eigenvalue weighted by Crippen LogP contribution is -2.37. The molecule has 0 heterocycles. The van der Waals surface area contributed by atoms with Crippen LogP contribution in [-0.2, 0) is 12.8 Å². The molecule has 2 atom stereocenters.